The van der Waals surface area contributed by atoms with Gasteiger partial charge in [-0.25, -0.2) is 0 Å². The molecule has 1 heterocycles. The van der Waals surface area contributed by atoms with Gasteiger partial charge in [-0.15, -0.1) is 0 Å². The molecular formula is C22H35NO3. The van der Waals surface area contributed by atoms with E-state index < -0.39 is 0 Å². The lowest BCUT2D eigenvalue weighted by Gasteiger charge is -2.61. The molecule has 0 N–H and O–H groups in total. The smallest absolute Gasteiger partial charge is 0.302 e. The zero-order valence-corrected chi connectivity index (χ0v) is 16.9. The van der Waals surface area contributed by atoms with E-state index >= 15 is 0 Å². The standard InChI is InChI=1S/C22H35NO3/c1-14(24)23-12-9-20-18-6-5-16-13-17(26-15(2)25)7-10-21(16,3)19(18)8-11-22(20,23)4/h16-20H,5-13H2,1-4H3/t16-,17+,18+,19-,20-,21-,22-/m0/s1. The molecule has 26 heavy (non-hydrogen) atoms. The van der Waals surface area contributed by atoms with Gasteiger partial charge in [0.05, 0.1) is 0 Å². The Kier molecular flexibility index (Phi) is 4.39. The van der Waals surface area contributed by atoms with Gasteiger partial charge < -0.3 is 9.64 Å². The van der Waals surface area contributed by atoms with Crippen molar-refractivity contribution in [2.24, 2.45) is 29.1 Å². The normalized spacial score (nSPS) is 47.5. The minimum atomic E-state index is -0.129. The van der Waals surface area contributed by atoms with E-state index in [1.54, 1.807) is 6.92 Å². The van der Waals surface area contributed by atoms with Crippen molar-refractivity contribution in [3.63, 3.8) is 0 Å². The minimum Gasteiger partial charge on any atom is -0.463 e. The first-order chi connectivity index (χ1) is 12.3. The number of esters is 1. The summed E-state index contributed by atoms with van der Waals surface area (Å²) in [6.45, 7) is 9.11. The molecule has 1 saturated heterocycles. The number of rotatable bonds is 1. The summed E-state index contributed by atoms with van der Waals surface area (Å²) >= 11 is 0. The molecule has 1 aliphatic heterocycles. The van der Waals surface area contributed by atoms with E-state index in [-0.39, 0.29) is 23.5 Å². The Hall–Kier alpha value is -1.06. The fourth-order valence-electron chi connectivity index (χ4n) is 7.76. The van der Waals surface area contributed by atoms with Crippen LogP contribution < -0.4 is 0 Å². The zero-order valence-electron chi connectivity index (χ0n) is 16.9. The summed E-state index contributed by atoms with van der Waals surface area (Å²) in [6, 6.07) is 0. The maximum Gasteiger partial charge on any atom is 0.302 e. The van der Waals surface area contributed by atoms with Crippen LogP contribution in [0.15, 0.2) is 0 Å². The van der Waals surface area contributed by atoms with Gasteiger partial charge in [-0.2, -0.15) is 0 Å². The van der Waals surface area contributed by atoms with Crippen molar-refractivity contribution in [2.75, 3.05) is 6.54 Å². The van der Waals surface area contributed by atoms with Crippen LogP contribution >= 0.6 is 0 Å². The molecule has 1 amide bonds. The maximum atomic E-state index is 12.2. The molecule has 0 aromatic carbocycles. The number of hydrogen-bond acceptors (Lipinski definition) is 3. The highest BCUT2D eigenvalue weighted by molar-refractivity contribution is 5.74. The molecule has 4 fully saturated rings. The second kappa shape index (κ2) is 6.24. The van der Waals surface area contributed by atoms with E-state index in [0.29, 0.717) is 17.3 Å². The van der Waals surface area contributed by atoms with E-state index in [1.165, 1.54) is 39.0 Å². The third-order valence-corrected chi connectivity index (χ3v) is 8.97. The first-order valence-electron chi connectivity index (χ1n) is 10.7. The number of carbonyl (C=O) groups excluding carboxylic acids is 2. The van der Waals surface area contributed by atoms with Gasteiger partial charge in [0.15, 0.2) is 0 Å². The van der Waals surface area contributed by atoms with Crippen LogP contribution in [-0.4, -0.2) is 35.0 Å². The Bertz CT molecular complexity index is 604. The first kappa shape index (κ1) is 18.3. The number of carbonyl (C=O) groups is 2. The Morgan fingerprint density at radius 3 is 2.42 bits per heavy atom. The van der Waals surface area contributed by atoms with E-state index in [4.69, 9.17) is 4.74 Å². The number of fused-ring (bicyclic) bond motifs is 5. The lowest BCUT2D eigenvalue weighted by molar-refractivity contribution is -0.160. The number of likely N-dealkylation sites (tertiary alicyclic amines) is 1. The van der Waals surface area contributed by atoms with Gasteiger partial charge in [0.1, 0.15) is 6.10 Å². The predicted molar refractivity (Wildman–Crippen MR) is 100 cm³/mol. The monoisotopic (exact) mass is 361 g/mol. The average molecular weight is 362 g/mol. The van der Waals surface area contributed by atoms with E-state index in [0.717, 1.165) is 37.6 Å². The topological polar surface area (TPSA) is 46.6 Å². The molecule has 4 nitrogen and oxygen atoms in total. The van der Waals surface area contributed by atoms with Gasteiger partial charge >= 0.3 is 5.97 Å². The summed E-state index contributed by atoms with van der Waals surface area (Å²) in [6.07, 6.45) is 9.57. The third kappa shape index (κ3) is 2.62. The van der Waals surface area contributed by atoms with Crippen LogP contribution in [0.2, 0.25) is 0 Å². The number of ether oxygens (including phenoxy) is 1. The van der Waals surface area contributed by atoms with Crippen LogP contribution in [0.3, 0.4) is 0 Å². The first-order valence-corrected chi connectivity index (χ1v) is 10.7. The highest BCUT2D eigenvalue weighted by atomic mass is 16.5. The highest BCUT2D eigenvalue weighted by Crippen LogP contribution is 2.63. The zero-order chi connectivity index (χ0) is 18.7. The van der Waals surface area contributed by atoms with Crippen molar-refractivity contribution in [1.82, 2.24) is 4.90 Å². The van der Waals surface area contributed by atoms with Crippen molar-refractivity contribution in [1.29, 1.82) is 0 Å². The molecule has 146 valence electrons. The summed E-state index contributed by atoms with van der Waals surface area (Å²) in [5.41, 5.74) is 0.482. The minimum absolute atomic E-state index is 0.0884. The molecule has 0 spiro atoms. The largest absolute Gasteiger partial charge is 0.463 e. The molecule has 4 rings (SSSR count). The number of amides is 1. The molecule has 0 aromatic heterocycles. The van der Waals surface area contributed by atoms with Gasteiger partial charge in [-0.1, -0.05) is 6.92 Å². The number of nitrogens with zero attached hydrogens (tertiary/aromatic N) is 1. The number of hydrogen-bond donors (Lipinski definition) is 0. The van der Waals surface area contributed by atoms with Gasteiger partial charge in [-0.05, 0) is 87.4 Å². The van der Waals surface area contributed by atoms with Crippen molar-refractivity contribution in [3.05, 3.63) is 0 Å². The van der Waals surface area contributed by atoms with Gasteiger partial charge in [0.2, 0.25) is 5.91 Å². The van der Waals surface area contributed by atoms with Crippen molar-refractivity contribution in [3.8, 4) is 0 Å². The molecule has 4 aliphatic rings. The molecule has 0 aromatic rings. The van der Waals surface area contributed by atoms with Crippen LogP contribution in [-0.2, 0) is 14.3 Å². The predicted octanol–water partition coefficient (Wildman–Crippen LogP) is 4.17. The quantitative estimate of drug-likeness (QED) is 0.659. The molecular weight excluding hydrogens is 326 g/mol. The van der Waals surface area contributed by atoms with E-state index in [2.05, 4.69) is 18.7 Å². The molecule has 0 radical (unpaired) electrons. The van der Waals surface area contributed by atoms with Crippen LogP contribution in [0.4, 0.5) is 0 Å². The molecule has 0 bridgehead atoms. The van der Waals surface area contributed by atoms with Crippen molar-refractivity contribution in [2.45, 2.75) is 90.7 Å². The van der Waals surface area contributed by atoms with Gasteiger partial charge in [-0.3, -0.25) is 9.59 Å². The molecule has 3 saturated carbocycles. The summed E-state index contributed by atoms with van der Waals surface area (Å²) in [7, 11) is 0. The van der Waals surface area contributed by atoms with Crippen LogP contribution in [0, 0.1) is 29.1 Å². The molecule has 0 unspecified atom stereocenters. The van der Waals surface area contributed by atoms with Crippen molar-refractivity contribution < 1.29 is 14.3 Å². The van der Waals surface area contributed by atoms with E-state index in [1.807, 2.05) is 0 Å². The summed E-state index contributed by atoms with van der Waals surface area (Å²) in [5.74, 6) is 3.05. The molecule has 7 atom stereocenters. The Morgan fingerprint density at radius 1 is 0.962 bits per heavy atom. The summed E-state index contributed by atoms with van der Waals surface area (Å²) < 4.78 is 5.56. The van der Waals surface area contributed by atoms with Crippen LogP contribution in [0.1, 0.15) is 79.1 Å². The summed E-state index contributed by atoms with van der Waals surface area (Å²) in [4.78, 5) is 25.7. The highest BCUT2D eigenvalue weighted by Gasteiger charge is 2.60. The second-order valence-corrected chi connectivity index (χ2v) is 10.0. The fraction of sp³-hybridized carbons (Fsp3) is 0.909. The maximum absolute atomic E-state index is 12.2. The lowest BCUT2D eigenvalue weighted by atomic mass is 9.46. The van der Waals surface area contributed by atoms with Gasteiger partial charge in [0.25, 0.3) is 0 Å². The van der Waals surface area contributed by atoms with E-state index in [9.17, 15) is 9.59 Å². The third-order valence-electron chi connectivity index (χ3n) is 8.97. The van der Waals surface area contributed by atoms with Gasteiger partial charge in [0, 0.05) is 25.9 Å². The van der Waals surface area contributed by atoms with Crippen LogP contribution in [0.5, 0.6) is 0 Å². The Morgan fingerprint density at radius 2 is 1.73 bits per heavy atom. The lowest BCUT2D eigenvalue weighted by Crippen LogP contribution is -2.58. The SMILES string of the molecule is CC(=O)O[C@@H]1CC[C@@]2(C)[C@@H](CC[C@@H]3[C@@H]2CC[C@@]2(C)[C@H]3CCN2C(C)=O)C1. The molecule has 3 aliphatic carbocycles. The molecule has 4 heteroatoms. The summed E-state index contributed by atoms with van der Waals surface area (Å²) in [5, 5.41) is 0. The Labute approximate surface area is 158 Å². The Balaban J connectivity index is 1.54. The van der Waals surface area contributed by atoms with Crippen molar-refractivity contribution >= 4 is 11.9 Å². The fourth-order valence-corrected chi connectivity index (χ4v) is 7.76. The van der Waals surface area contributed by atoms with Crippen LogP contribution in [0.25, 0.3) is 0 Å². The average Bonchev–Trinajstić information content (AvgIpc) is 2.92. The second-order valence-electron chi connectivity index (χ2n) is 10.0.